The average molecular weight is 450 g/mol. The van der Waals surface area contributed by atoms with Crippen molar-refractivity contribution in [2.45, 2.75) is 87.1 Å². The monoisotopic (exact) mass is 449 g/mol. The molecule has 1 heterocycles. The van der Waals surface area contributed by atoms with Gasteiger partial charge in [0.1, 0.15) is 12.2 Å². The van der Waals surface area contributed by atoms with Crippen molar-refractivity contribution in [1.82, 2.24) is 10.6 Å². The van der Waals surface area contributed by atoms with Crippen LogP contribution in [0.5, 0.6) is 0 Å². The van der Waals surface area contributed by atoms with Crippen LogP contribution in [0.2, 0.25) is 0 Å². The lowest BCUT2D eigenvalue weighted by Gasteiger charge is -2.42. The zero-order valence-corrected chi connectivity index (χ0v) is 17.8. The molecule has 1 saturated heterocycles. The molecule has 1 aliphatic heterocycles. The Bertz CT molecular complexity index is 534. The second-order valence-electron chi connectivity index (χ2n) is 8.40. The summed E-state index contributed by atoms with van der Waals surface area (Å²) >= 11 is 0. The van der Waals surface area contributed by atoms with Gasteiger partial charge in [-0.1, -0.05) is 0 Å². The van der Waals surface area contributed by atoms with Gasteiger partial charge in [0.25, 0.3) is 0 Å². The van der Waals surface area contributed by atoms with Crippen LogP contribution in [0.25, 0.3) is 0 Å². The van der Waals surface area contributed by atoms with Gasteiger partial charge in [-0.15, -0.1) is 0 Å². The Balaban J connectivity index is 1.81. The van der Waals surface area contributed by atoms with Crippen LogP contribution in [0.1, 0.15) is 32.1 Å². The van der Waals surface area contributed by atoms with E-state index >= 15 is 0 Å². The molecule has 182 valence electrons. The molecule has 6 unspecified atom stereocenters. The maximum Gasteiger partial charge on any atom is 0.250 e. The number of carbonyl (C=O) groups is 1. The van der Waals surface area contributed by atoms with Gasteiger partial charge in [-0.2, -0.15) is 0 Å². The van der Waals surface area contributed by atoms with E-state index in [2.05, 4.69) is 10.6 Å². The lowest BCUT2D eigenvalue weighted by Crippen LogP contribution is -2.58. The van der Waals surface area contributed by atoms with Crippen LogP contribution in [0.4, 0.5) is 0 Å². The van der Waals surface area contributed by atoms with Crippen molar-refractivity contribution in [3.8, 4) is 0 Å². The Morgan fingerprint density at radius 1 is 1.16 bits per heavy atom. The zero-order valence-electron chi connectivity index (χ0n) is 17.8. The summed E-state index contributed by atoms with van der Waals surface area (Å²) in [6, 6.07) is -0.952. The summed E-state index contributed by atoms with van der Waals surface area (Å²) in [4.78, 5) is 11.8. The molecule has 2 aliphatic rings. The summed E-state index contributed by atoms with van der Waals surface area (Å²) in [7, 11) is 0. The third-order valence-electron chi connectivity index (χ3n) is 5.74. The van der Waals surface area contributed by atoms with E-state index in [1.807, 2.05) is 0 Å². The van der Waals surface area contributed by atoms with Gasteiger partial charge in [-0.25, -0.2) is 0 Å². The van der Waals surface area contributed by atoms with Gasteiger partial charge >= 0.3 is 0 Å². The summed E-state index contributed by atoms with van der Waals surface area (Å²) in [5.41, 5.74) is 16.9. The number of nitrogens with one attached hydrogen (secondary N) is 2. The van der Waals surface area contributed by atoms with Gasteiger partial charge in [0.05, 0.1) is 24.4 Å². The zero-order chi connectivity index (χ0) is 23.0. The average Bonchev–Trinajstić information content (AvgIpc) is 2.72. The van der Waals surface area contributed by atoms with Gasteiger partial charge in [0.15, 0.2) is 6.29 Å². The highest BCUT2D eigenvalue weighted by molar-refractivity contribution is 5.81. The number of carbonyl (C=O) groups excluding carboxylic acids is 1. The highest BCUT2D eigenvalue weighted by Gasteiger charge is 2.40. The Hall–Kier alpha value is -0.930. The van der Waals surface area contributed by atoms with E-state index in [0.29, 0.717) is 45.3 Å². The fraction of sp³-hybridized carbons (Fsp3) is 0.947. The lowest BCUT2D eigenvalue weighted by atomic mass is 9.86. The molecule has 1 amide bonds. The minimum atomic E-state index is -1.30. The Morgan fingerprint density at radius 2 is 1.90 bits per heavy atom. The number of amides is 1. The van der Waals surface area contributed by atoms with Crippen LogP contribution in [-0.2, 0) is 14.3 Å². The minimum Gasteiger partial charge on any atom is -0.392 e. The van der Waals surface area contributed by atoms with Crippen LogP contribution in [0, 0.1) is 0 Å². The van der Waals surface area contributed by atoms with Crippen molar-refractivity contribution >= 4 is 5.91 Å². The molecular formula is C19H39N5O7. The molecule has 12 N–H and O–H groups in total. The van der Waals surface area contributed by atoms with Gasteiger partial charge in [0, 0.05) is 38.1 Å². The lowest BCUT2D eigenvalue weighted by molar-refractivity contribution is -0.255. The molecule has 2 rings (SSSR count). The number of hydrogen-bond acceptors (Lipinski definition) is 11. The van der Waals surface area contributed by atoms with Gasteiger partial charge < -0.3 is 57.7 Å². The van der Waals surface area contributed by atoms with Crippen LogP contribution in [0.3, 0.4) is 0 Å². The summed E-state index contributed by atoms with van der Waals surface area (Å²) in [5.74, 6) is -0.595. The van der Waals surface area contributed by atoms with Gasteiger partial charge in [0.2, 0.25) is 5.91 Å². The second kappa shape index (κ2) is 12.9. The van der Waals surface area contributed by atoms with Crippen molar-refractivity contribution in [3.63, 3.8) is 0 Å². The molecule has 0 spiro atoms. The molecule has 0 aromatic carbocycles. The maximum atomic E-state index is 11.8. The highest BCUT2D eigenvalue weighted by atomic mass is 16.7. The first-order chi connectivity index (χ1) is 14.7. The summed E-state index contributed by atoms with van der Waals surface area (Å²) in [6.45, 7) is 0.877. The fourth-order valence-corrected chi connectivity index (χ4v) is 3.98. The van der Waals surface area contributed by atoms with Crippen LogP contribution in [0.15, 0.2) is 0 Å². The molecule has 12 heteroatoms. The number of hydrogen-bond donors (Lipinski definition) is 9. The number of nitrogens with two attached hydrogens (primary N) is 3. The number of ether oxygens (including phenoxy) is 2. The first-order valence-electron chi connectivity index (χ1n) is 10.9. The number of rotatable bonds is 11. The van der Waals surface area contributed by atoms with Crippen molar-refractivity contribution in [2.24, 2.45) is 17.2 Å². The molecule has 1 aliphatic carbocycles. The molecule has 0 aromatic heterocycles. The highest BCUT2D eigenvalue weighted by Crippen LogP contribution is 2.27. The molecule has 9 atom stereocenters. The van der Waals surface area contributed by atoms with E-state index in [9.17, 15) is 25.2 Å². The summed E-state index contributed by atoms with van der Waals surface area (Å²) in [6.07, 6.45) is -3.32. The Morgan fingerprint density at radius 3 is 2.55 bits per heavy atom. The molecule has 31 heavy (non-hydrogen) atoms. The third kappa shape index (κ3) is 8.17. The van der Waals surface area contributed by atoms with E-state index in [0.717, 1.165) is 0 Å². The number of aliphatic hydroxyl groups excluding tert-OH is 4. The van der Waals surface area contributed by atoms with Crippen molar-refractivity contribution in [1.29, 1.82) is 0 Å². The normalized spacial score (nSPS) is 36.0. The van der Waals surface area contributed by atoms with Crippen molar-refractivity contribution < 1.29 is 34.7 Å². The van der Waals surface area contributed by atoms with Crippen LogP contribution in [-0.4, -0.2) is 108 Å². The van der Waals surface area contributed by atoms with E-state index in [1.54, 1.807) is 0 Å². The predicted molar refractivity (Wildman–Crippen MR) is 112 cm³/mol. The molecule has 12 nitrogen and oxygen atoms in total. The third-order valence-corrected chi connectivity index (χ3v) is 5.74. The Kier molecular flexibility index (Phi) is 11.0. The quantitative estimate of drug-likeness (QED) is 0.147. The SMILES string of the molecule is NCCC(O)CNCC1O[C@H](O[C@@H]2C(N)CC(NC(=O)C(O)CN)CC2O)CC[C@@H]1O. The van der Waals surface area contributed by atoms with Crippen molar-refractivity contribution in [3.05, 3.63) is 0 Å². The smallest absolute Gasteiger partial charge is 0.250 e. The largest absolute Gasteiger partial charge is 0.392 e. The first kappa shape index (κ1) is 26.3. The molecule has 2 fully saturated rings. The van der Waals surface area contributed by atoms with Crippen LogP contribution < -0.4 is 27.8 Å². The molecule has 0 aromatic rings. The van der Waals surface area contributed by atoms with E-state index in [1.165, 1.54) is 0 Å². The standard InChI is InChI=1S/C19H39N5O7/c20-4-3-11(25)8-23-9-16-13(26)1-2-17(30-16)31-18-12(22)5-10(6-14(18)27)24-19(29)15(28)7-21/h10-18,23,25-28H,1-9,20-22H2,(H,24,29)/t10?,11?,12?,13-,14?,15?,16?,17+,18+/m0/s1. The first-order valence-corrected chi connectivity index (χ1v) is 10.9. The molecule has 0 bridgehead atoms. The molecule has 0 radical (unpaired) electrons. The molecule has 1 saturated carbocycles. The maximum absolute atomic E-state index is 11.8. The second-order valence-corrected chi connectivity index (χ2v) is 8.40. The van der Waals surface area contributed by atoms with E-state index in [-0.39, 0.29) is 13.0 Å². The topological polar surface area (TPSA) is 219 Å². The van der Waals surface area contributed by atoms with Crippen LogP contribution >= 0.6 is 0 Å². The predicted octanol–water partition coefficient (Wildman–Crippen LogP) is -4.18. The van der Waals surface area contributed by atoms with Crippen molar-refractivity contribution in [2.75, 3.05) is 26.2 Å². The van der Waals surface area contributed by atoms with Gasteiger partial charge in [-0.3, -0.25) is 4.79 Å². The summed E-state index contributed by atoms with van der Waals surface area (Å²) in [5, 5.41) is 45.7. The minimum absolute atomic E-state index is 0.189. The fourth-order valence-electron chi connectivity index (χ4n) is 3.98. The van der Waals surface area contributed by atoms with Gasteiger partial charge in [-0.05, 0) is 32.2 Å². The Labute approximate surface area is 182 Å². The summed E-state index contributed by atoms with van der Waals surface area (Å²) < 4.78 is 11.8. The van der Waals surface area contributed by atoms with E-state index in [4.69, 9.17) is 26.7 Å². The number of aliphatic hydroxyl groups is 4. The van der Waals surface area contributed by atoms with E-state index < -0.39 is 60.9 Å². The molecular weight excluding hydrogens is 410 g/mol.